The first-order valence-electron chi connectivity index (χ1n) is 10.2. The van der Waals surface area contributed by atoms with Crippen LogP contribution in [0.1, 0.15) is 53.3 Å². The van der Waals surface area contributed by atoms with E-state index in [1.807, 2.05) is 6.92 Å². The molecule has 0 aliphatic carbocycles. The van der Waals surface area contributed by atoms with E-state index in [2.05, 4.69) is 4.98 Å². The third-order valence-electron chi connectivity index (χ3n) is 4.66. The van der Waals surface area contributed by atoms with Gasteiger partial charge in [0.05, 0.1) is 24.2 Å². The minimum Gasteiger partial charge on any atom is -0.462 e. The van der Waals surface area contributed by atoms with Gasteiger partial charge in [-0.05, 0) is 48.5 Å². The molecule has 0 aliphatic heterocycles. The Balaban J connectivity index is 3.19. The molecule has 10 nitrogen and oxygen atoms in total. The number of esters is 1. The smallest absolute Gasteiger partial charge is 0.330 e. The maximum absolute atomic E-state index is 12.5. The number of aliphatic hydroxyl groups excluding tert-OH is 1. The normalized spacial score (nSPS) is 16.9. The Morgan fingerprint density at radius 1 is 1.19 bits per heavy atom. The fourth-order valence-electron chi connectivity index (χ4n) is 2.46. The van der Waals surface area contributed by atoms with Gasteiger partial charge in [-0.3, -0.25) is 19.1 Å². The summed E-state index contributed by atoms with van der Waals surface area (Å²) in [6.07, 6.45) is -2.47. The summed E-state index contributed by atoms with van der Waals surface area (Å²) in [6, 6.07) is 0. The molecule has 1 aromatic heterocycles. The lowest BCUT2D eigenvalue weighted by Gasteiger charge is -2.32. The Bertz CT molecular complexity index is 824. The average Bonchev–Trinajstić information content (AvgIpc) is 2.67. The molecule has 0 amide bonds. The first-order chi connectivity index (χ1) is 14.3. The summed E-state index contributed by atoms with van der Waals surface area (Å²) < 4.78 is 23.5. The molecular weight excluding hydrogens is 408 g/mol. The number of aromatic nitrogens is 2. The molecule has 0 unspecified atom stereocenters. The van der Waals surface area contributed by atoms with Crippen LogP contribution >= 0.6 is 0 Å². The molecule has 10 heteroatoms. The van der Waals surface area contributed by atoms with Crippen molar-refractivity contribution in [2.75, 3.05) is 20.3 Å². The van der Waals surface area contributed by atoms with Crippen LogP contribution in [0.15, 0.2) is 15.8 Å². The zero-order valence-corrected chi connectivity index (χ0v) is 19.6. The highest BCUT2D eigenvalue weighted by Gasteiger charge is 2.31. The fourth-order valence-corrected chi connectivity index (χ4v) is 2.46. The van der Waals surface area contributed by atoms with Crippen LogP contribution in [0.5, 0.6) is 0 Å². The minimum absolute atomic E-state index is 0.197. The first kappa shape index (κ1) is 27.0. The SMILES string of the molecule is CO[C@@H](C)CO[C@@H](C)[C@@H](O[C@@H](COC(=O)C(C)(C)C)[C@H](C)O)n1cc(C)c(=O)[nH]c1=O. The third-order valence-corrected chi connectivity index (χ3v) is 4.66. The van der Waals surface area contributed by atoms with Gasteiger partial charge in [-0.2, -0.15) is 0 Å². The van der Waals surface area contributed by atoms with Gasteiger partial charge in [-0.25, -0.2) is 4.79 Å². The van der Waals surface area contributed by atoms with E-state index in [4.69, 9.17) is 18.9 Å². The van der Waals surface area contributed by atoms with Crippen LogP contribution in [-0.2, 0) is 23.7 Å². The highest BCUT2D eigenvalue weighted by molar-refractivity contribution is 5.75. The van der Waals surface area contributed by atoms with Crippen molar-refractivity contribution in [1.29, 1.82) is 0 Å². The number of methoxy groups -OCH3 is 1. The van der Waals surface area contributed by atoms with Crippen molar-refractivity contribution < 1.29 is 28.8 Å². The van der Waals surface area contributed by atoms with Crippen molar-refractivity contribution in [2.24, 2.45) is 5.41 Å². The van der Waals surface area contributed by atoms with Gasteiger partial charge in [-0.15, -0.1) is 0 Å². The molecule has 1 rings (SSSR count). The van der Waals surface area contributed by atoms with E-state index in [1.54, 1.807) is 41.7 Å². The lowest BCUT2D eigenvalue weighted by atomic mass is 9.97. The summed E-state index contributed by atoms with van der Waals surface area (Å²) in [5.41, 5.74) is -1.61. The Kier molecular flexibility index (Phi) is 10.1. The van der Waals surface area contributed by atoms with Gasteiger partial charge in [0, 0.05) is 18.9 Å². The molecule has 0 radical (unpaired) electrons. The monoisotopic (exact) mass is 444 g/mol. The second-order valence-electron chi connectivity index (χ2n) is 8.72. The Morgan fingerprint density at radius 2 is 1.81 bits per heavy atom. The number of aromatic amines is 1. The van der Waals surface area contributed by atoms with Crippen molar-refractivity contribution in [2.45, 2.75) is 79.1 Å². The molecule has 0 aromatic carbocycles. The summed E-state index contributed by atoms with van der Waals surface area (Å²) in [6.45, 7) is 11.7. The quantitative estimate of drug-likeness (QED) is 0.486. The van der Waals surface area contributed by atoms with E-state index < -0.39 is 47.2 Å². The molecule has 0 aliphatic rings. The Hall–Kier alpha value is -2.01. The highest BCUT2D eigenvalue weighted by Crippen LogP contribution is 2.21. The summed E-state index contributed by atoms with van der Waals surface area (Å²) in [4.78, 5) is 38.6. The number of aryl methyl sites for hydroxylation is 1. The van der Waals surface area contributed by atoms with Gasteiger partial charge in [-0.1, -0.05) is 0 Å². The number of hydrogen-bond donors (Lipinski definition) is 2. The van der Waals surface area contributed by atoms with Crippen LogP contribution in [0.3, 0.4) is 0 Å². The fraction of sp³-hybridized carbons (Fsp3) is 0.762. The average molecular weight is 445 g/mol. The first-order valence-corrected chi connectivity index (χ1v) is 10.2. The number of hydrogen-bond acceptors (Lipinski definition) is 8. The maximum Gasteiger partial charge on any atom is 0.330 e. The summed E-state index contributed by atoms with van der Waals surface area (Å²) in [5, 5.41) is 10.2. The van der Waals surface area contributed by atoms with Crippen LogP contribution in [0.2, 0.25) is 0 Å². The van der Waals surface area contributed by atoms with E-state index in [-0.39, 0.29) is 19.3 Å². The Morgan fingerprint density at radius 3 is 2.32 bits per heavy atom. The molecule has 2 N–H and O–H groups in total. The number of H-pyrrole nitrogens is 1. The molecule has 1 aromatic rings. The molecule has 0 fully saturated rings. The summed E-state index contributed by atoms with van der Waals surface area (Å²) in [7, 11) is 1.55. The lowest BCUT2D eigenvalue weighted by molar-refractivity contribution is -0.186. The van der Waals surface area contributed by atoms with Gasteiger partial charge in [0.1, 0.15) is 18.8 Å². The molecule has 0 bridgehead atoms. The van der Waals surface area contributed by atoms with E-state index in [0.29, 0.717) is 5.56 Å². The van der Waals surface area contributed by atoms with Gasteiger partial charge >= 0.3 is 11.7 Å². The van der Waals surface area contributed by atoms with Crippen LogP contribution in [0.4, 0.5) is 0 Å². The van der Waals surface area contributed by atoms with Crippen LogP contribution in [0.25, 0.3) is 0 Å². The van der Waals surface area contributed by atoms with Gasteiger partial charge in [0.15, 0.2) is 6.23 Å². The zero-order valence-electron chi connectivity index (χ0n) is 19.6. The number of carbonyl (C=O) groups excluding carboxylic acids is 1. The van der Waals surface area contributed by atoms with Crippen molar-refractivity contribution >= 4 is 5.97 Å². The van der Waals surface area contributed by atoms with E-state index in [0.717, 1.165) is 0 Å². The number of aliphatic hydroxyl groups is 1. The van der Waals surface area contributed by atoms with Crippen molar-refractivity contribution in [3.8, 4) is 0 Å². The topological polar surface area (TPSA) is 129 Å². The van der Waals surface area contributed by atoms with E-state index in [9.17, 15) is 19.5 Å². The molecule has 178 valence electrons. The molecule has 31 heavy (non-hydrogen) atoms. The summed E-state index contributed by atoms with van der Waals surface area (Å²) in [5.74, 6) is -0.450. The van der Waals surface area contributed by atoms with E-state index >= 15 is 0 Å². The standard InChI is InChI=1S/C21H36N2O8/c1-12-9-23(20(27)22-17(12)25)18(15(4)29-10-13(2)28-8)31-16(14(3)24)11-30-19(26)21(5,6)7/h9,13-16,18,24H,10-11H2,1-8H3,(H,22,25,27)/t13-,14-,15-,16-,18+/m0/s1. The lowest BCUT2D eigenvalue weighted by Crippen LogP contribution is -2.44. The number of nitrogens with one attached hydrogen (secondary N) is 1. The zero-order chi connectivity index (χ0) is 23.9. The second-order valence-corrected chi connectivity index (χ2v) is 8.72. The van der Waals surface area contributed by atoms with Crippen molar-refractivity contribution in [3.63, 3.8) is 0 Å². The van der Waals surface area contributed by atoms with Gasteiger partial charge in [0.25, 0.3) is 5.56 Å². The maximum atomic E-state index is 12.5. The second kappa shape index (κ2) is 11.6. The number of carbonyl (C=O) groups is 1. The van der Waals surface area contributed by atoms with E-state index in [1.165, 1.54) is 17.7 Å². The molecule has 0 saturated heterocycles. The van der Waals surface area contributed by atoms with Crippen molar-refractivity contribution in [1.82, 2.24) is 9.55 Å². The Labute approximate surface area is 182 Å². The van der Waals surface area contributed by atoms with Crippen LogP contribution in [0, 0.1) is 12.3 Å². The highest BCUT2D eigenvalue weighted by atomic mass is 16.6. The molecular formula is C21H36N2O8. The number of nitrogens with zero attached hydrogens (tertiary/aromatic N) is 1. The van der Waals surface area contributed by atoms with Crippen LogP contribution < -0.4 is 11.2 Å². The molecule has 1 heterocycles. The number of ether oxygens (including phenoxy) is 4. The predicted octanol–water partition coefficient (Wildman–Crippen LogP) is 1.14. The van der Waals surface area contributed by atoms with Crippen LogP contribution in [-0.4, -0.2) is 65.4 Å². The number of rotatable bonds is 11. The third kappa shape index (κ3) is 8.21. The molecule has 0 saturated carbocycles. The van der Waals surface area contributed by atoms with Crippen molar-refractivity contribution in [3.05, 3.63) is 32.6 Å². The molecule has 5 atom stereocenters. The summed E-state index contributed by atoms with van der Waals surface area (Å²) >= 11 is 0. The predicted molar refractivity (Wildman–Crippen MR) is 114 cm³/mol. The van der Waals surface area contributed by atoms with Gasteiger partial charge < -0.3 is 24.1 Å². The minimum atomic E-state index is -1.01. The van der Waals surface area contributed by atoms with Gasteiger partial charge in [0.2, 0.25) is 0 Å². The molecule has 0 spiro atoms. The largest absolute Gasteiger partial charge is 0.462 e.